The topological polar surface area (TPSA) is 81.6 Å². The van der Waals surface area contributed by atoms with Crippen molar-refractivity contribution in [3.8, 4) is 11.5 Å². The number of carbonyl (C=O) groups excluding carboxylic acids is 1. The third-order valence-corrected chi connectivity index (χ3v) is 2.58. The summed E-state index contributed by atoms with van der Waals surface area (Å²) in [5, 5.41) is 24.3. The van der Waals surface area contributed by atoms with Gasteiger partial charge in [-0.1, -0.05) is 11.6 Å². The van der Waals surface area contributed by atoms with E-state index < -0.39 is 6.03 Å². The van der Waals surface area contributed by atoms with E-state index in [4.69, 9.17) is 16.7 Å². The minimum absolute atomic E-state index is 0.0823. The molecule has 0 bridgehead atoms. The van der Waals surface area contributed by atoms with Gasteiger partial charge in [-0.15, -0.1) is 0 Å². The lowest BCUT2D eigenvalue weighted by Gasteiger charge is -2.09. The van der Waals surface area contributed by atoms with Crippen LogP contribution in [0.5, 0.6) is 11.5 Å². The molecular weight excluding hydrogens is 268 g/mol. The molecule has 98 valence electrons. The van der Waals surface area contributed by atoms with Gasteiger partial charge in [-0.2, -0.15) is 0 Å². The Bertz CT molecular complexity index is 599. The number of hydrogen-bond donors (Lipinski definition) is 4. The summed E-state index contributed by atoms with van der Waals surface area (Å²) in [6.07, 6.45) is 0. The summed E-state index contributed by atoms with van der Waals surface area (Å²) in [6.45, 7) is 0. The van der Waals surface area contributed by atoms with Crippen LogP contribution < -0.4 is 10.6 Å². The molecule has 0 aromatic heterocycles. The summed E-state index contributed by atoms with van der Waals surface area (Å²) >= 11 is 5.73. The van der Waals surface area contributed by atoms with E-state index in [1.165, 1.54) is 12.1 Å². The fourth-order valence-corrected chi connectivity index (χ4v) is 1.57. The highest BCUT2D eigenvalue weighted by Crippen LogP contribution is 2.27. The Kier molecular flexibility index (Phi) is 3.77. The Balaban J connectivity index is 2.03. The minimum atomic E-state index is -0.511. The van der Waals surface area contributed by atoms with E-state index in [9.17, 15) is 9.90 Å². The van der Waals surface area contributed by atoms with Crippen LogP contribution in [0.2, 0.25) is 5.02 Å². The maximum absolute atomic E-state index is 11.7. The second-order valence-electron chi connectivity index (χ2n) is 3.79. The zero-order valence-corrected chi connectivity index (χ0v) is 10.5. The molecule has 2 rings (SSSR count). The molecule has 2 aromatic rings. The van der Waals surface area contributed by atoms with Crippen molar-refractivity contribution in [1.29, 1.82) is 0 Å². The van der Waals surface area contributed by atoms with E-state index in [-0.39, 0.29) is 17.2 Å². The molecule has 0 fully saturated rings. The molecule has 0 aliphatic carbocycles. The lowest BCUT2D eigenvalue weighted by molar-refractivity contribution is 0.262. The van der Waals surface area contributed by atoms with Crippen LogP contribution in [-0.4, -0.2) is 16.2 Å². The van der Waals surface area contributed by atoms with Gasteiger partial charge in [-0.25, -0.2) is 4.79 Å². The van der Waals surface area contributed by atoms with Gasteiger partial charge >= 0.3 is 6.03 Å². The van der Waals surface area contributed by atoms with Gasteiger partial charge in [0.1, 0.15) is 11.5 Å². The molecule has 0 saturated carbocycles. The largest absolute Gasteiger partial charge is 0.508 e. The van der Waals surface area contributed by atoms with Crippen molar-refractivity contribution < 1.29 is 15.0 Å². The molecule has 4 N–H and O–H groups in total. The molecule has 0 unspecified atom stereocenters. The van der Waals surface area contributed by atoms with Crippen molar-refractivity contribution >= 4 is 29.0 Å². The first-order chi connectivity index (χ1) is 9.04. The third-order valence-electron chi connectivity index (χ3n) is 2.33. The number of nitrogens with one attached hydrogen (secondary N) is 2. The van der Waals surface area contributed by atoms with E-state index in [1.807, 2.05) is 0 Å². The van der Waals surface area contributed by atoms with Crippen LogP contribution >= 0.6 is 11.6 Å². The first-order valence-corrected chi connectivity index (χ1v) is 5.78. The lowest BCUT2D eigenvalue weighted by Crippen LogP contribution is -2.19. The molecular formula is C13H11ClN2O3. The summed E-state index contributed by atoms with van der Waals surface area (Å²) < 4.78 is 0. The van der Waals surface area contributed by atoms with Crippen LogP contribution in [0.3, 0.4) is 0 Å². The number of aromatic hydroxyl groups is 2. The summed E-state index contributed by atoms with van der Waals surface area (Å²) in [5.41, 5.74) is 0.768. The summed E-state index contributed by atoms with van der Waals surface area (Å²) in [4.78, 5) is 11.7. The van der Waals surface area contributed by atoms with Crippen molar-refractivity contribution in [1.82, 2.24) is 0 Å². The molecule has 0 aliphatic heterocycles. The standard InChI is InChI=1S/C13H11ClN2O3/c14-8-1-3-9(4-2-8)15-13(19)16-11-6-5-10(17)7-12(11)18/h1-7,17-18H,(H2,15,16,19). The Hall–Kier alpha value is -2.40. The first-order valence-electron chi connectivity index (χ1n) is 5.40. The lowest BCUT2D eigenvalue weighted by atomic mass is 10.3. The molecule has 0 aliphatic rings. The minimum Gasteiger partial charge on any atom is -0.508 e. The number of phenols is 2. The van der Waals surface area contributed by atoms with Gasteiger partial charge < -0.3 is 20.8 Å². The van der Waals surface area contributed by atoms with Crippen molar-refractivity contribution in [2.24, 2.45) is 0 Å². The van der Waals surface area contributed by atoms with Gasteiger partial charge in [-0.3, -0.25) is 0 Å². The maximum atomic E-state index is 11.7. The van der Waals surface area contributed by atoms with E-state index in [1.54, 1.807) is 24.3 Å². The number of amides is 2. The molecule has 0 atom stereocenters. The molecule has 5 nitrogen and oxygen atoms in total. The Morgan fingerprint density at radius 1 is 1.00 bits per heavy atom. The van der Waals surface area contributed by atoms with E-state index in [0.717, 1.165) is 6.07 Å². The second-order valence-corrected chi connectivity index (χ2v) is 4.22. The quantitative estimate of drug-likeness (QED) is 0.502. The normalized spacial score (nSPS) is 9.95. The number of rotatable bonds is 2. The predicted octanol–water partition coefficient (Wildman–Crippen LogP) is 3.40. The Morgan fingerprint density at radius 3 is 2.32 bits per heavy atom. The molecule has 2 aromatic carbocycles. The number of carbonyl (C=O) groups is 1. The number of phenolic OH excluding ortho intramolecular Hbond substituents is 2. The van der Waals surface area contributed by atoms with E-state index in [0.29, 0.717) is 10.7 Å². The van der Waals surface area contributed by atoms with Crippen molar-refractivity contribution in [3.05, 3.63) is 47.5 Å². The molecule has 2 amide bonds. The van der Waals surface area contributed by atoms with E-state index in [2.05, 4.69) is 10.6 Å². The molecule has 19 heavy (non-hydrogen) atoms. The average molecular weight is 279 g/mol. The second kappa shape index (κ2) is 5.49. The van der Waals surface area contributed by atoms with Crippen LogP contribution in [-0.2, 0) is 0 Å². The number of halogens is 1. The number of benzene rings is 2. The van der Waals surface area contributed by atoms with E-state index >= 15 is 0 Å². The SMILES string of the molecule is O=C(Nc1ccc(Cl)cc1)Nc1ccc(O)cc1O. The van der Waals surface area contributed by atoms with Gasteiger partial charge in [0.15, 0.2) is 0 Å². The van der Waals surface area contributed by atoms with Gasteiger partial charge in [0.2, 0.25) is 0 Å². The number of anilines is 2. The predicted molar refractivity (Wildman–Crippen MR) is 73.9 cm³/mol. The van der Waals surface area contributed by atoms with Crippen molar-refractivity contribution in [3.63, 3.8) is 0 Å². The number of urea groups is 1. The highest BCUT2D eigenvalue weighted by molar-refractivity contribution is 6.30. The highest BCUT2D eigenvalue weighted by atomic mass is 35.5. The highest BCUT2D eigenvalue weighted by Gasteiger charge is 2.07. The van der Waals surface area contributed by atoms with Crippen molar-refractivity contribution in [2.75, 3.05) is 10.6 Å². The number of hydrogen-bond acceptors (Lipinski definition) is 3. The molecule has 0 radical (unpaired) electrons. The van der Waals surface area contributed by atoms with Gasteiger partial charge in [0.05, 0.1) is 5.69 Å². The van der Waals surface area contributed by atoms with Gasteiger partial charge in [0, 0.05) is 16.8 Å². The summed E-state index contributed by atoms with van der Waals surface area (Å²) in [7, 11) is 0. The summed E-state index contributed by atoms with van der Waals surface area (Å²) in [5.74, 6) is -0.299. The first kappa shape index (κ1) is 13.0. The molecule has 0 heterocycles. The third kappa shape index (κ3) is 3.53. The van der Waals surface area contributed by atoms with Gasteiger partial charge in [-0.05, 0) is 36.4 Å². The van der Waals surface area contributed by atoms with Crippen LogP contribution in [0.15, 0.2) is 42.5 Å². The molecule has 0 saturated heterocycles. The van der Waals surface area contributed by atoms with Crippen LogP contribution in [0.1, 0.15) is 0 Å². The molecule has 0 spiro atoms. The zero-order valence-electron chi connectivity index (χ0n) is 9.72. The Morgan fingerprint density at radius 2 is 1.68 bits per heavy atom. The fraction of sp³-hybridized carbons (Fsp3) is 0. The molecule has 6 heteroatoms. The van der Waals surface area contributed by atoms with Crippen LogP contribution in [0.4, 0.5) is 16.2 Å². The monoisotopic (exact) mass is 278 g/mol. The summed E-state index contributed by atoms with van der Waals surface area (Å²) in [6, 6.07) is 9.98. The van der Waals surface area contributed by atoms with Crippen LogP contribution in [0.25, 0.3) is 0 Å². The fourth-order valence-electron chi connectivity index (χ4n) is 1.44. The Labute approximate surface area is 114 Å². The zero-order chi connectivity index (χ0) is 13.8. The van der Waals surface area contributed by atoms with Crippen LogP contribution in [0, 0.1) is 0 Å². The maximum Gasteiger partial charge on any atom is 0.323 e. The smallest absolute Gasteiger partial charge is 0.323 e. The van der Waals surface area contributed by atoms with Crippen molar-refractivity contribution in [2.45, 2.75) is 0 Å². The average Bonchev–Trinajstić information content (AvgIpc) is 2.36. The van der Waals surface area contributed by atoms with Gasteiger partial charge in [0.25, 0.3) is 0 Å².